The number of fused-ring (bicyclic) bond motifs is 5. The van der Waals surface area contributed by atoms with Crippen LogP contribution >= 0.6 is 0 Å². The standard InChI is InChI=1S/C32H42O3/c1-4-5-7-12-25-20-30-29-15-13-24-19-26(34-21-23-10-8-6-9-11-23)14-16-27(24)28(29)17-18-32(30,3)31(25)35-22(2)33/h6,8-11,14,16,19,25,28-31H,4-5,7,12-13,15,17-18,20-21H2,1-3H3/t25-,28-,29-,30+,31+,32+/m1/s1. The molecule has 188 valence electrons. The van der Waals surface area contributed by atoms with Gasteiger partial charge in [0.2, 0.25) is 0 Å². The maximum atomic E-state index is 12.1. The first-order valence-electron chi connectivity index (χ1n) is 14.0. The van der Waals surface area contributed by atoms with E-state index in [0.717, 1.165) is 18.6 Å². The van der Waals surface area contributed by atoms with Gasteiger partial charge in [-0.2, -0.15) is 0 Å². The molecule has 0 unspecified atom stereocenters. The van der Waals surface area contributed by atoms with Crippen molar-refractivity contribution in [1.82, 2.24) is 0 Å². The van der Waals surface area contributed by atoms with E-state index in [1.165, 1.54) is 56.1 Å². The molecule has 0 aliphatic heterocycles. The van der Waals surface area contributed by atoms with E-state index in [4.69, 9.17) is 9.47 Å². The molecule has 0 N–H and O–H groups in total. The van der Waals surface area contributed by atoms with Gasteiger partial charge in [0.25, 0.3) is 0 Å². The number of hydrogen-bond acceptors (Lipinski definition) is 3. The highest BCUT2D eigenvalue weighted by Crippen LogP contribution is 2.63. The molecule has 3 aliphatic rings. The molecular weight excluding hydrogens is 432 g/mol. The Morgan fingerprint density at radius 2 is 1.91 bits per heavy atom. The van der Waals surface area contributed by atoms with Crippen LogP contribution in [0, 0.1) is 23.2 Å². The van der Waals surface area contributed by atoms with Crippen molar-refractivity contribution < 1.29 is 14.3 Å². The fourth-order valence-corrected chi connectivity index (χ4v) is 7.86. The van der Waals surface area contributed by atoms with Crippen molar-refractivity contribution in [3.8, 4) is 5.75 Å². The van der Waals surface area contributed by atoms with Crippen molar-refractivity contribution in [1.29, 1.82) is 0 Å². The summed E-state index contributed by atoms with van der Waals surface area (Å²) in [5.74, 6) is 3.39. The van der Waals surface area contributed by atoms with Gasteiger partial charge in [-0.15, -0.1) is 0 Å². The fourth-order valence-electron chi connectivity index (χ4n) is 7.86. The Balaban J connectivity index is 1.32. The molecule has 0 aromatic heterocycles. The van der Waals surface area contributed by atoms with Gasteiger partial charge in [0.05, 0.1) is 0 Å². The summed E-state index contributed by atoms with van der Waals surface area (Å²) in [5, 5.41) is 0. The highest BCUT2D eigenvalue weighted by atomic mass is 16.5. The molecule has 2 aromatic carbocycles. The Kier molecular flexibility index (Phi) is 7.23. The van der Waals surface area contributed by atoms with Crippen molar-refractivity contribution >= 4 is 5.97 Å². The molecule has 2 fully saturated rings. The van der Waals surface area contributed by atoms with Crippen molar-refractivity contribution in [2.45, 2.75) is 97.2 Å². The maximum Gasteiger partial charge on any atom is 0.302 e. The predicted molar refractivity (Wildman–Crippen MR) is 140 cm³/mol. The molecule has 2 aromatic rings. The number of rotatable bonds is 8. The van der Waals surface area contributed by atoms with E-state index in [1.807, 2.05) is 6.07 Å². The van der Waals surface area contributed by atoms with Crippen molar-refractivity contribution in [3.05, 3.63) is 65.2 Å². The number of unbranched alkanes of at least 4 members (excludes halogenated alkanes) is 2. The van der Waals surface area contributed by atoms with Crippen LogP contribution in [-0.4, -0.2) is 12.1 Å². The summed E-state index contributed by atoms with van der Waals surface area (Å²) in [7, 11) is 0. The van der Waals surface area contributed by atoms with Crippen LogP contribution in [0.2, 0.25) is 0 Å². The summed E-state index contributed by atoms with van der Waals surface area (Å²) in [6.45, 7) is 6.92. The molecule has 3 heteroatoms. The lowest BCUT2D eigenvalue weighted by atomic mass is 9.55. The quantitative estimate of drug-likeness (QED) is 0.288. The van der Waals surface area contributed by atoms with Crippen LogP contribution in [0.3, 0.4) is 0 Å². The van der Waals surface area contributed by atoms with Gasteiger partial charge in [-0.1, -0.05) is 69.5 Å². The van der Waals surface area contributed by atoms with Crippen LogP contribution in [0.5, 0.6) is 5.75 Å². The van der Waals surface area contributed by atoms with Gasteiger partial charge >= 0.3 is 5.97 Å². The van der Waals surface area contributed by atoms with Crippen LogP contribution in [0.25, 0.3) is 0 Å². The molecule has 0 heterocycles. The van der Waals surface area contributed by atoms with E-state index >= 15 is 0 Å². The summed E-state index contributed by atoms with van der Waals surface area (Å²) in [4.78, 5) is 12.1. The molecule has 35 heavy (non-hydrogen) atoms. The second-order valence-electron chi connectivity index (χ2n) is 11.6. The minimum Gasteiger partial charge on any atom is -0.489 e. The van der Waals surface area contributed by atoms with E-state index in [9.17, 15) is 4.79 Å². The summed E-state index contributed by atoms with van der Waals surface area (Å²) in [6, 6.07) is 17.2. The molecular formula is C32H42O3. The van der Waals surface area contributed by atoms with E-state index in [-0.39, 0.29) is 17.5 Å². The summed E-state index contributed by atoms with van der Waals surface area (Å²) in [6.07, 6.45) is 11.0. The van der Waals surface area contributed by atoms with Crippen LogP contribution in [0.1, 0.15) is 94.7 Å². The summed E-state index contributed by atoms with van der Waals surface area (Å²) < 4.78 is 12.2. The Bertz CT molecular complexity index is 1010. The largest absolute Gasteiger partial charge is 0.489 e. The minimum absolute atomic E-state index is 0.0953. The van der Waals surface area contributed by atoms with Crippen LogP contribution in [0.15, 0.2) is 48.5 Å². The average Bonchev–Trinajstić information content (AvgIpc) is 3.14. The number of esters is 1. The lowest BCUT2D eigenvalue weighted by molar-refractivity contribution is -0.158. The third kappa shape index (κ3) is 4.88. The van der Waals surface area contributed by atoms with Crippen LogP contribution in [0.4, 0.5) is 0 Å². The molecule has 2 saturated carbocycles. The third-order valence-corrected chi connectivity index (χ3v) is 9.49. The topological polar surface area (TPSA) is 35.5 Å². The normalized spacial score (nSPS) is 31.2. The second-order valence-corrected chi connectivity index (χ2v) is 11.6. The molecule has 3 nitrogen and oxygen atoms in total. The second kappa shape index (κ2) is 10.4. The Labute approximate surface area is 211 Å². The number of ether oxygens (including phenoxy) is 2. The van der Waals surface area contributed by atoms with Gasteiger partial charge in [0, 0.05) is 12.3 Å². The Hall–Kier alpha value is -2.29. The molecule has 0 spiro atoms. The highest BCUT2D eigenvalue weighted by molar-refractivity contribution is 5.66. The first kappa shape index (κ1) is 24.4. The van der Waals surface area contributed by atoms with Crippen LogP contribution in [-0.2, 0) is 22.6 Å². The SMILES string of the molecule is CCCCC[C@@H]1C[C@H]2[C@@H]3CCc4cc(OCc5ccccc5)ccc4[C@H]3CC[C@]2(C)[C@H]1OC(C)=O. The van der Waals surface area contributed by atoms with E-state index in [0.29, 0.717) is 30.3 Å². The fraction of sp³-hybridized carbons (Fsp3) is 0.594. The van der Waals surface area contributed by atoms with Crippen molar-refractivity contribution in [2.24, 2.45) is 23.2 Å². The zero-order valence-electron chi connectivity index (χ0n) is 21.8. The van der Waals surface area contributed by atoms with Gasteiger partial charge in [-0.05, 0) is 91.0 Å². The zero-order chi connectivity index (χ0) is 24.4. The monoisotopic (exact) mass is 474 g/mol. The Morgan fingerprint density at radius 1 is 1.09 bits per heavy atom. The number of carbonyl (C=O) groups is 1. The summed E-state index contributed by atoms with van der Waals surface area (Å²) >= 11 is 0. The molecule has 0 bridgehead atoms. The molecule has 6 atom stereocenters. The highest BCUT2D eigenvalue weighted by Gasteiger charge is 2.59. The molecule has 0 amide bonds. The lowest BCUT2D eigenvalue weighted by Gasteiger charge is -2.50. The van der Waals surface area contributed by atoms with Crippen molar-refractivity contribution in [3.63, 3.8) is 0 Å². The predicted octanol–water partition coefficient (Wildman–Crippen LogP) is 7.86. The third-order valence-electron chi connectivity index (χ3n) is 9.49. The van der Waals surface area contributed by atoms with Gasteiger partial charge in [0.1, 0.15) is 18.5 Å². The number of aryl methyl sites for hydroxylation is 1. The van der Waals surface area contributed by atoms with E-state index in [1.54, 1.807) is 12.5 Å². The van der Waals surface area contributed by atoms with Gasteiger partial charge in [-0.3, -0.25) is 4.79 Å². The lowest BCUT2D eigenvalue weighted by Crippen LogP contribution is -2.45. The van der Waals surface area contributed by atoms with E-state index < -0.39 is 0 Å². The number of hydrogen-bond donors (Lipinski definition) is 0. The molecule has 5 rings (SSSR count). The van der Waals surface area contributed by atoms with E-state index in [2.05, 4.69) is 56.3 Å². The molecule has 0 saturated heterocycles. The van der Waals surface area contributed by atoms with Crippen molar-refractivity contribution in [2.75, 3.05) is 0 Å². The minimum atomic E-state index is -0.100. The van der Waals surface area contributed by atoms with Gasteiger partial charge < -0.3 is 9.47 Å². The smallest absolute Gasteiger partial charge is 0.302 e. The average molecular weight is 475 g/mol. The first-order chi connectivity index (χ1) is 17.0. The van der Waals surface area contributed by atoms with Gasteiger partial charge in [-0.25, -0.2) is 0 Å². The Morgan fingerprint density at radius 3 is 2.69 bits per heavy atom. The van der Waals surface area contributed by atoms with Gasteiger partial charge in [0.15, 0.2) is 0 Å². The maximum absolute atomic E-state index is 12.1. The molecule has 3 aliphatic carbocycles. The van der Waals surface area contributed by atoms with Crippen LogP contribution < -0.4 is 4.74 Å². The number of benzene rings is 2. The zero-order valence-corrected chi connectivity index (χ0v) is 21.8. The summed E-state index contributed by atoms with van der Waals surface area (Å²) in [5.41, 5.74) is 4.36. The first-order valence-corrected chi connectivity index (χ1v) is 14.0. The number of carbonyl (C=O) groups excluding carboxylic acids is 1. The molecule has 0 radical (unpaired) electrons.